The van der Waals surface area contributed by atoms with Gasteiger partial charge in [0.15, 0.2) is 11.5 Å². The van der Waals surface area contributed by atoms with Gasteiger partial charge in [0.1, 0.15) is 6.04 Å². The molecule has 0 aliphatic rings. The van der Waals surface area contributed by atoms with Crippen molar-refractivity contribution in [2.75, 3.05) is 14.2 Å². The summed E-state index contributed by atoms with van der Waals surface area (Å²) in [5.74, 6) is 0.728. The monoisotopic (exact) mass is 359 g/mol. The van der Waals surface area contributed by atoms with Crippen LogP contribution in [0.5, 0.6) is 11.5 Å². The molecule has 0 fully saturated rings. The zero-order valence-corrected chi connectivity index (χ0v) is 14.4. The van der Waals surface area contributed by atoms with E-state index in [4.69, 9.17) is 9.47 Å². The van der Waals surface area contributed by atoms with Gasteiger partial charge in [0.2, 0.25) is 0 Å². The maximum absolute atomic E-state index is 11.2. The fourth-order valence-corrected chi connectivity index (χ4v) is 2.47. The van der Waals surface area contributed by atoms with Crippen molar-refractivity contribution in [2.45, 2.75) is 32.9 Å². The normalized spacial score (nSPS) is 12.3. The molecule has 6 heteroatoms. The highest BCUT2D eigenvalue weighted by atomic mass is 79.9. The first kappa shape index (κ1) is 17.8. The van der Waals surface area contributed by atoms with E-state index in [1.165, 1.54) is 0 Å². The third-order valence-electron chi connectivity index (χ3n) is 3.10. The van der Waals surface area contributed by atoms with Gasteiger partial charge in [-0.2, -0.15) is 0 Å². The van der Waals surface area contributed by atoms with Crippen LogP contribution < -0.4 is 14.8 Å². The summed E-state index contributed by atoms with van der Waals surface area (Å²) in [5, 5.41) is 12.3. The standard InChI is InChI=1S/C15H22BrNO4/c1-9(2)5-12(15(18)19)17-8-10-6-13(20-3)14(21-4)7-11(10)16/h6-7,9,12,17H,5,8H2,1-4H3,(H,18,19)/t12-/m0/s1. The number of aliphatic carboxylic acids is 1. The molecule has 5 nitrogen and oxygen atoms in total. The number of rotatable bonds is 8. The molecule has 0 bridgehead atoms. The Morgan fingerprint density at radius 3 is 2.33 bits per heavy atom. The summed E-state index contributed by atoms with van der Waals surface area (Å²) in [4.78, 5) is 11.2. The quantitative estimate of drug-likeness (QED) is 0.746. The van der Waals surface area contributed by atoms with E-state index in [-0.39, 0.29) is 0 Å². The Morgan fingerprint density at radius 1 is 1.29 bits per heavy atom. The number of hydrogen-bond donors (Lipinski definition) is 2. The van der Waals surface area contributed by atoms with Crippen molar-refractivity contribution < 1.29 is 19.4 Å². The lowest BCUT2D eigenvalue weighted by Gasteiger charge is -2.18. The van der Waals surface area contributed by atoms with Gasteiger partial charge in [-0.3, -0.25) is 4.79 Å². The van der Waals surface area contributed by atoms with Crippen molar-refractivity contribution in [3.05, 3.63) is 22.2 Å². The SMILES string of the molecule is COc1cc(Br)c(CN[C@@H](CC(C)C)C(=O)O)cc1OC. The smallest absolute Gasteiger partial charge is 0.320 e. The number of ether oxygens (including phenoxy) is 2. The van der Waals surface area contributed by atoms with Gasteiger partial charge >= 0.3 is 5.97 Å². The zero-order chi connectivity index (χ0) is 16.0. The molecule has 0 amide bonds. The molecule has 0 radical (unpaired) electrons. The summed E-state index contributed by atoms with van der Waals surface area (Å²) in [7, 11) is 3.15. The number of carboxylic acid groups (broad SMARTS) is 1. The molecule has 118 valence electrons. The zero-order valence-electron chi connectivity index (χ0n) is 12.8. The molecule has 0 saturated carbocycles. The van der Waals surface area contributed by atoms with E-state index in [1.807, 2.05) is 26.0 Å². The average molecular weight is 360 g/mol. The predicted octanol–water partition coefficient (Wildman–Crippen LogP) is 3.06. The summed E-state index contributed by atoms with van der Waals surface area (Å²) in [6, 6.07) is 3.09. The van der Waals surface area contributed by atoms with Gasteiger partial charge in [-0.25, -0.2) is 0 Å². The molecular weight excluding hydrogens is 338 g/mol. The largest absolute Gasteiger partial charge is 0.493 e. The fraction of sp³-hybridized carbons (Fsp3) is 0.533. The van der Waals surface area contributed by atoms with Crippen LogP contribution in [0.1, 0.15) is 25.8 Å². The highest BCUT2D eigenvalue weighted by Crippen LogP contribution is 2.33. The van der Waals surface area contributed by atoms with E-state index < -0.39 is 12.0 Å². The van der Waals surface area contributed by atoms with E-state index >= 15 is 0 Å². The van der Waals surface area contributed by atoms with Gasteiger partial charge in [-0.1, -0.05) is 29.8 Å². The highest BCUT2D eigenvalue weighted by molar-refractivity contribution is 9.10. The van der Waals surface area contributed by atoms with Gasteiger partial charge in [-0.05, 0) is 30.0 Å². The van der Waals surface area contributed by atoms with Gasteiger partial charge in [0.25, 0.3) is 0 Å². The molecule has 0 saturated heterocycles. The maximum Gasteiger partial charge on any atom is 0.320 e. The van der Waals surface area contributed by atoms with Crippen molar-refractivity contribution in [1.82, 2.24) is 5.32 Å². The lowest BCUT2D eigenvalue weighted by Crippen LogP contribution is -2.37. The molecule has 0 aliphatic heterocycles. The summed E-state index contributed by atoms with van der Waals surface area (Å²) in [6.07, 6.45) is 0.584. The Kier molecular flexibility index (Phi) is 6.98. The van der Waals surface area contributed by atoms with Crippen LogP contribution in [-0.2, 0) is 11.3 Å². The minimum atomic E-state index is -0.833. The molecule has 1 atom stereocenters. The Bertz CT molecular complexity index is 491. The van der Waals surface area contributed by atoms with Crippen molar-refractivity contribution in [3.8, 4) is 11.5 Å². The third kappa shape index (κ3) is 5.21. The first-order valence-corrected chi connectivity index (χ1v) is 7.54. The van der Waals surface area contributed by atoms with E-state index in [9.17, 15) is 9.90 Å². The average Bonchev–Trinajstić information content (AvgIpc) is 2.43. The molecule has 0 aliphatic carbocycles. The van der Waals surface area contributed by atoms with Crippen LogP contribution >= 0.6 is 15.9 Å². The lowest BCUT2D eigenvalue weighted by atomic mass is 10.0. The number of hydrogen-bond acceptors (Lipinski definition) is 4. The lowest BCUT2D eigenvalue weighted by molar-refractivity contribution is -0.140. The second-order valence-corrected chi connectivity index (χ2v) is 6.05. The molecule has 1 rings (SSSR count). The van der Waals surface area contributed by atoms with Crippen LogP contribution in [0.25, 0.3) is 0 Å². The molecule has 0 aromatic heterocycles. The second kappa shape index (κ2) is 8.24. The Morgan fingerprint density at radius 2 is 1.86 bits per heavy atom. The minimum Gasteiger partial charge on any atom is -0.493 e. The van der Waals surface area contributed by atoms with Gasteiger partial charge in [-0.15, -0.1) is 0 Å². The first-order chi connectivity index (χ1) is 9.88. The predicted molar refractivity (Wildman–Crippen MR) is 85.0 cm³/mol. The third-order valence-corrected chi connectivity index (χ3v) is 3.83. The molecule has 2 N–H and O–H groups in total. The van der Waals surface area contributed by atoms with Gasteiger partial charge in [0.05, 0.1) is 14.2 Å². The summed E-state index contributed by atoms with van der Waals surface area (Å²) in [6.45, 7) is 4.44. The van der Waals surface area contributed by atoms with E-state index in [1.54, 1.807) is 14.2 Å². The number of methoxy groups -OCH3 is 2. The van der Waals surface area contributed by atoms with Gasteiger partial charge < -0.3 is 19.9 Å². The van der Waals surface area contributed by atoms with Crippen LogP contribution in [0, 0.1) is 5.92 Å². The van der Waals surface area contributed by atoms with Crippen LogP contribution in [0.4, 0.5) is 0 Å². The molecule has 1 aromatic rings. The van der Waals surface area contributed by atoms with E-state index in [0.29, 0.717) is 30.4 Å². The number of benzene rings is 1. The molecule has 0 unspecified atom stereocenters. The van der Waals surface area contributed by atoms with Crippen molar-refractivity contribution in [3.63, 3.8) is 0 Å². The van der Waals surface area contributed by atoms with Crippen molar-refractivity contribution in [2.24, 2.45) is 5.92 Å². The minimum absolute atomic E-state index is 0.312. The number of carbonyl (C=O) groups is 1. The van der Waals surface area contributed by atoms with Crippen LogP contribution in [-0.4, -0.2) is 31.3 Å². The molecule has 0 spiro atoms. The van der Waals surface area contributed by atoms with Crippen molar-refractivity contribution in [1.29, 1.82) is 0 Å². The number of halogens is 1. The molecular formula is C15H22BrNO4. The van der Waals surface area contributed by atoms with Crippen LogP contribution in [0.3, 0.4) is 0 Å². The summed E-state index contributed by atoms with van der Waals surface area (Å²) >= 11 is 3.47. The maximum atomic E-state index is 11.2. The van der Waals surface area contributed by atoms with Crippen LogP contribution in [0.2, 0.25) is 0 Å². The Hall–Kier alpha value is -1.27. The molecule has 21 heavy (non-hydrogen) atoms. The van der Waals surface area contributed by atoms with Crippen LogP contribution in [0.15, 0.2) is 16.6 Å². The topological polar surface area (TPSA) is 67.8 Å². The van der Waals surface area contributed by atoms with Gasteiger partial charge in [0, 0.05) is 11.0 Å². The first-order valence-electron chi connectivity index (χ1n) is 6.75. The van der Waals surface area contributed by atoms with Crippen molar-refractivity contribution >= 4 is 21.9 Å². The Labute approximate surface area is 133 Å². The number of nitrogens with one attached hydrogen (secondary N) is 1. The van der Waals surface area contributed by atoms with E-state index in [0.717, 1.165) is 10.0 Å². The summed E-state index contributed by atoms with van der Waals surface area (Å²) in [5.41, 5.74) is 0.919. The highest BCUT2D eigenvalue weighted by Gasteiger charge is 2.19. The fourth-order valence-electron chi connectivity index (χ4n) is 2.01. The summed E-state index contributed by atoms with van der Waals surface area (Å²) < 4.78 is 11.3. The second-order valence-electron chi connectivity index (χ2n) is 5.20. The molecule has 1 aromatic carbocycles. The Balaban J connectivity index is 2.84. The van der Waals surface area contributed by atoms with E-state index in [2.05, 4.69) is 21.2 Å². The number of carboxylic acids is 1. The molecule has 0 heterocycles.